The molecule has 1 unspecified atom stereocenters. The Hall–Kier alpha value is -2.17. The summed E-state index contributed by atoms with van der Waals surface area (Å²) >= 11 is 6.22. The van der Waals surface area contributed by atoms with Gasteiger partial charge in [-0.3, -0.25) is 9.78 Å². The van der Waals surface area contributed by atoms with Crippen molar-refractivity contribution < 1.29 is 9.18 Å². The van der Waals surface area contributed by atoms with E-state index in [9.17, 15) is 9.18 Å². The summed E-state index contributed by atoms with van der Waals surface area (Å²) in [6.45, 7) is 1.52. The topological polar surface area (TPSA) is 42.0 Å². The first-order chi connectivity index (χ1) is 12.5. The van der Waals surface area contributed by atoms with Gasteiger partial charge >= 0.3 is 0 Å². The van der Waals surface area contributed by atoms with Crippen molar-refractivity contribution in [3.8, 4) is 11.1 Å². The number of carbonyl (C=O) groups is 1. The van der Waals surface area contributed by atoms with Crippen LogP contribution in [0.3, 0.4) is 0 Å². The summed E-state index contributed by atoms with van der Waals surface area (Å²) in [6.07, 6.45) is 2.21. The molecule has 1 aliphatic carbocycles. The summed E-state index contributed by atoms with van der Waals surface area (Å²) in [4.78, 5) is 16.3. The lowest BCUT2D eigenvalue weighted by Crippen LogP contribution is -2.38. The van der Waals surface area contributed by atoms with E-state index in [-0.39, 0.29) is 30.2 Å². The molecule has 1 N–H and O–H groups in total. The molecule has 0 fully saturated rings. The van der Waals surface area contributed by atoms with Gasteiger partial charge in [-0.2, -0.15) is 0 Å². The van der Waals surface area contributed by atoms with Gasteiger partial charge in [-0.15, -0.1) is 12.4 Å². The molecule has 0 aliphatic heterocycles. The number of halogens is 3. The van der Waals surface area contributed by atoms with Crippen LogP contribution in [0.1, 0.15) is 24.6 Å². The Labute approximate surface area is 168 Å². The molecule has 0 saturated heterocycles. The zero-order chi connectivity index (χ0) is 18.3. The molecule has 0 bridgehead atoms. The van der Waals surface area contributed by atoms with Crippen LogP contribution < -0.4 is 5.32 Å². The van der Waals surface area contributed by atoms with Crippen molar-refractivity contribution in [3.63, 3.8) is 0 Å². The number of pyridine rings is 1. The Morgan fingerprint density at radius 1 is 1.26 bits per heavy atom. The van der Waals surface area contributed by atoms with Gasteiger partial charge in [-0.1, -0.05) is 29.8 Å². The van der Waals surface area contributed by atoms with E-state index in [0.29, 0.717) is 17.0 Å². The van der Waals surface area contributed by atoms with Crippen LogP contribution >= 0.6 is 24.0 Å². The highest BCUT2D eigenvalue weighted by Crippen LogP contribution is 2.38. The zero-order valence-corrected chi connectivity index (χ0v) is 16.3. The monoisotopic (exact) mass is 404 g/mol. The lowest BCUT2D eigenvalue weighted by molar-refractivity contribution is -0.119. The van der Waals surface area contributed by atoms with E-state index in [1.54, 1.807) is 18.2 Å². The molecule has 2 aromatic carbocycles. The van der Waals surface area contributed by atoms with Gasteiger partial charge in [0.1, 0.15) is 5.82 Å². The van der Waals surface area contributed by atoms with Crippen molar-refractivity contribution in [1.82, 2.24) is 10.3 Å². The number of nitrogens with one attached hydrogen (secondary N) is 1. The molecular formula is C21H19Cl2FN2O. The van der Waals surface area contributed by atoms with E-state index < -0.39 is 0 Å². The molecule has 1 aromatic heterocycles. The highest BCUT2D eigenvalue weighted by atomic mass is 35.5. The largest absolute Gasteiger partial charge is 0.353 e. The average Bonchev–Trinajstić information content (AvgIpc) is 2.60. The fraction of sp³-hybridized carbons (Fsp3) is 0.238. The van der Waals surface area contributed by atoms with Crippen LogP contribution in [0, 0.1) is 5.82 Å². The van der Waals surface area contributed by atoms with Crippen LogP contribution in [-0.4, -0.2) is 16.9 Å². The molecule has 1 amide bonds. The fourth-order valence-electron chi connectivity index (χ4n) is 3.79. The third-order valence-electron chi connectivity index (χ3n) is 4.86. The third kappa shape index (κ3) is 3.78. The average molecular weight is 405 g/mol. The normalized spacial score (nSPS) is 15.7. The zero-order valence-electron chi connectivity index (χ0n) is 14.8. The number of rotatable bonds is 2. The molecule has 0 radical (unpaired) electrons. The molecule has 4 rings (SSSR count). The van der Waals surface area contributed by atoms with Gasteiger partial charge in [-0.25, -0.2) is 4.39 Å². The number of benzene rings is 2. The predicted molar refractivity (Wildman–Crippen MR) is 109 cm³/mol. The lowest BCUT2D eigenvalue weighted by Gasteiger charge is -2.27. The Morgan fingerprint density at radius 2 is 2.04 bits per heavy atom. The van der Waals surface area contributed by atoms with E-state index in [0.717, 1.165) is 40.6 Å². The van der Waals surface area contributed by atoms with Crippen molar-refractivity contribution in [2.75, 3.05) is 0 Å². The molecule has 0 saturated carbocycles. The first-order valence-electron chi connectivity index (χ1n) is 8.66. The molecular weight excluding hydrogens is 386 g/mol. The number of nitrogens with zero attached hydrogens (tertiary/aromatic N) is 1. The maximum Gasteiger partial charge on any atom is 0.217 e. The Kier molecular flexibility index (Phi) is 5.68. The first-order valence-corrected chi connectivity index (χ1v) is 9.03. The minimum Gasteiger partial charge on any atom is -0.353 e. The van der Waals surface area contributed by atoms with Crippen LogP contribution in [0.2, 0.25) is 5.02 Å². The van der Waals surface area contributed by atoms with Gasteiger partial charge in [-0.05, 0) is 54.7 Å². The number of hydrogen-bond acceptors (Lipinski definition) is 2. The fourth-order valence-corrected chi connectivity index (χ4v) is 3.97. The molecule has 6 heteroatoms. The number of hydrogen-bond donors (Lipinski definition) is 1. The maximum atomic E-state index is 14.7. The Balaban J connectivity index is 0.00000210. The van der Waals surface area contributed by atoms with E-state index in [2.05, 4.69) is 5.32 Å². The van der Waals surface area contributed by atoms with Gasteiger partial charge in [0.2, 0.25) is 5.91 Å². The van der Waals surface area contributed by atoms with Crippen molar-refractivity contribution >= 4 is 40.8 Å². The second-order valence-corrected chi connectivity index (χ2v) is 7.13. The van der Waals surface area contributed by atoms with Crippen molar-refractivity contribution in [3.05, 3.63) is 64.6 Å². The molecule has 1 heterocycles. The summed E-state index contributed by atoms with van der Waals surface area (Å²) in [7, 11) is 0. The summed E-state index contributed by atoms with van der Waals surface area (Å²) in [5, 5.41) is 4.42. The van der Waals surface area contributed by atoms with Crippen LogP contribution in [0.4, 0.5) is 4.39 Å². The standard InChI is InChI=1S/C21H18ClFN2O.ClH/c1-12(26)24-14-7-9-20-17(11-14)21(15-4-2-3-5-18(15)23)16-10-13(22)6-8-19(16)25-20;/h2-6,8,10,14H,7,9,11H2,1H3,(H,24,26);1H. The molecule has 1 aliphatic rings. The Bertz CT molecular complexity index is 1020. The van der Waals surface area contributed by atoms with Gasteiger partial charge in [0.15, 0.2) is 0 Å². The van der Waals surface area contributed by atoms with E-state index >= 15 is 0 Å². The summed E-state index contributed by atoms with van der Waals surface area (Å²) < 4.78 is 14.7. The summed E-state index contributed by atoms with van der Waals surface area (Å²) in [5.74, 6) is -0.327. The minimum atomic E-state index is -0.274. The SMILES string of the molecule is CC(=O)NC1CCc2nc3ccc(Cl)cc3c(-c3ccccc3F)c2C1.Cl. The maximum absolute atomic E-state index is 14.7. The van der Waals surface area contributed by atoms with E-state index in [1.807, 2.05) is 18.2 Å². The highest BCUT2D eigenvalue weighted by Gasteiger charge is 2.26. The summed E-state index contributed by atoms with van der Waals surface area (Å²) in [6, 6.07) is 12.3. The first kappa shape index (κ1) is 19.6. The van der Waals surface area contributed by atoms with Gasteiger partial charge in [0.05, 0.1) is 5.52 Å². The molecule has 3 aromatic rings. The number of aryl methyl sites for hydroxylation is 1. The number of aromatic nitrogens is 1. The molecule has 27 heavy (non-hydrogen) atoms. The van der Waals surface area contributed by atoms with E-state index in [4.69, 9.17) is 16.6 Å². The Morgan fingerprint density at radius 3 is 2.78 bits per heavy atom. The van der Waals surface area contributed by atoms with Gasteiger partial charge in [0, 0.05) is 34.6 Å². The second-order valence-electron chi connectivity index (χ2n) is 6.69. The minimum absolute atomic E-state index is 0. The smallest absolute Gasteiger partial charge is 0.217 e. The van der Waals surface area contributed by atoms with Crippen LogP contribution in [0.5, 0.6) is 0 Å². The van der Waals surface area contributed by atoms with Crippen LogP contribution in [-0.2, 0) is 17.6 Å². The van der Waals surface area contributed by atoms with E-state index in [1.165, 1.54) is 13.0 Å². The number of fused-ring (bicyclic) bond motifs is 2. The molecule has 3 nitrogen and oxygen atoms in total. The highest BCUT2D eigenvalue weighted by molar-refractivity contribution is 6.31. The second kappa shape index (κ2) is 7.83. The van der Waals surface area contributed by atoms with Crippen molar-refractivity contribution in [2.24, 2.45) is 0 Å². The third-order valence-corrected chi connectivity index (χ3v) is 5.10. The summed E-state index contributed by atoms with van der Waals surface area (Å²) in [5.41, 5.74) is 4.15. The molecule has 1 atom stereocenters. The number of carbonyl (C=O) groups excluding carboxylic acids is 1. The van der Waals surface area contributed by atoms with Gasteiger partial charge in [0.25, 0.3) is 0 Å². The van der Waals surface area contributed by atoms with Crippen LogP contribution in [0.25, 0.3) is 22.0 Å². The predicted octanol–water partition coefficient (Wildman–Crippen LogP) is 5.11. The van der Waals surface area contributed by atoms with Crippen molar-refractivity contribution in [1.29, 1.82) is 0 Å². The number of amides is 1. The quantitative estimate of drug-likeness (QED) is 0.644. The van der Waals surface area contributed by atoms with Crippen LogP contribution in [0.15, 0.2) is 42.5 Å². The molecule has 140 valence electrons. The molecule has 0 spiro atoms. The van der Waals surface area contributed by atoms with Gasteiger partial charge < -0.3 is 5.32 Å². The van der Waals surface area contributed by atoms with Crippen molar-refractivity contribution in [2.45, 2.75) is 32.2 Å². The lowest BCUT2D eigenvalue weighted by atomic mass is 9.84.